The van der Waals surface area contributed by atoms with E-state index in [0.29, 0.717) is 51.3 Å². The van der Waals surface area contributed by atoms with E-state index in [9.17, 15) is 9.18 Å². The van der Waals surface area contributed by atoms with Gasteiger partial charge in [0.05, 0.1) is 42.3 Å². The molecule has 0 atom stereocenters. The van der Waals surface area contributed by atoms with Crippen LogP contribution in [0.4, 0.5) is 10.1 Å². The van der Waals surface area contributed by atoms with Crippen molar-refractivity contribution in [2.45, 2.75) is 31.8 Å². The number of pyridine rings is 2. The monoisotopic (exact) mass is 378 g/mol. The Morgan fingerprint density at radius 2 is 2.07 bits per heavy atom. The number of nitrogen functional groups attached to an aromatic ring is 1. The molecule has 3 aromatic rings. The topological polar surface area (TPSA) is 81.3 Å². The van der Waals surface area contributed by atoms with Gasteiger partial charge in [-0.2, -0.15) is 0 Å². The van der Waals surface area contributed by atoms with Crippen LogP contribution >= 0.6 is 0 Å². The molecule has 1 aromatic carbocycles. The molecular weight excluding hydrogens is 359 g/mol. The zero-order valence-corrected chi connectivity index (χ0v) is 15.4. The number of benzene rings is 1. The number of methoxy groups -OCH3 is 1. The van der Waals surface area contributed by atoms with E-state index in [4.69, 9.17) is 15.5 Å². The maximum absolute atomic E-state index is 14.9. The average Bonchev–Trinajstić information content (AvgIpc) is 2.97. The number of carbonyl (C=O) groups is 1. The summed E-state index contributed by atoms with van der Waals surface area (Å²) < 4.78 is 20.3. The van der Waals surface area contributed by atoms with Crippen molar-refractivity contribution in [1.82, 2.24) is 14.9 Å². The molecule has 1 fully saturated rings. The molecule has 1 aliphatic heterocycles. The number of hydrogen-bond acceptors (Lipinski definition) is 5. The number of aromatic nitrogens is 2. The Kier molecular flexibility index (Phi) is 3.72. The fourth-order valence-electron chi connectivity index (χ4n) is 4.11. The lowest BCUT2D eigenvalue weighted by Crippen LogP contribution is -2.40. The van der Waals surface area contributed by atoms with Gasteiger partial charge in [0, 0.05) is 28.8 Å². The Morgan fingerprint density at radius 1 is 1.25 bits per heavy atom. The van der Waals surface area contributed by atoms with Crippen molar-refractivity contribution in [2.75, 3.05) is 12.8 Å². The normalized spacial score (nSPS) is 16.4. The summed E-state index contributed by atoms with van der Waals surface area (Å²) in [5, 5.41) is 0.567. The van der Waals surface area contributed by atoms with E-state index >= 15 is 0 Å². The number of rotatable bonds is 3. The van der Waals surface area contributed by atoms with E-state index in [1.54, 1.807) is 18.3 Å². The van der Waals surface area contributed by atoms with Gasteiger partial charge in [-0.25, -0.2) is 9.37 Å². The second-order valence-electron chi connectivity index (χ2n) is 7.26. The predicted octanol–water partition coefficient (Wildman–Crippen LogP) is 3.54. The van der Waals surface area contributed by atoms with Crippen molar-refractivity contribution in [3.05, 3.63) is 47.7 Å². The summed E-state index contributed by atoms with van der Waals surface area (Å²) in [6.07, 6.45) is 6.26. The number of hydrogen-bond donors (Lipinski definition) is 1. The Morgan fingerprint density at radius 3 is 2.79 bits per heavy atom. The molecule has 0 unspecified atom stereocenters. The van der Waals surface area contributed by atoms with E-state index < -0.39 is 5.82 Å². The van der Waals surface area contributed by atoms with Crippen LogP contribution in [0.15, 0.2) is 30.6 Å². The number of halogens is 1. The number of fused-ring (bicyclic) bond motifs is 2. The lowest BCUT2D eigenvalue weighted by molar-refractivity contribution is 0.0606. The minimum Gasteiger partial charge on any atom is -0.494 e. The Balaban J connectivity index is 1.75. The third-order valence-electron chi connectivity index (χ3n) is 5.81. The number of anilines is 1. The summed E-state index contributed by atoms with van der Waals surface area (Å²) in [4.78, 5) is 23.5. The fourth-order valence-corrected chi connectivity index (χ4v) is 4.11. The van der Waals surface area contributed by atoms with Gasteiger partial charge in [0.15, 0.2) is 0 Å². The minimum absolute atomic E-state index is 0.0704. The summed E-state index contributed by atoms with van der Waals surface area (Å²) in [6.45, 7) is 0.419. The van der Waals surface area contributed by atoms with Crippen LogP contribution < -0.4 is 10.5 Å². The van der Waals surface area contributed by atoms with Gasteiger partial charge in [0.2, 0.25) is 0 Å². The molecule has 5 rings (SSSR count). The molecule has 0 saturated heterocycles. The summed E-state index contributed by atoms with van der Waals surface area (Å²) in [7, 11) is 1.51. The zero-order chi connectivity index (χ0) is 19.4. The van der Waals surface area contributed by atoms with Crippen LogP contribution in [0.2, 0.25) is 0 Å². The Bertz CT molecular complexity index is 1130. The smallest absolute Gasteiger partial charge is 0.258 e. The van der Waals surface area contributed by atoms with Gasteiger partial charge in [-0.3, -0.25) is 9.78 Å². The SMILES string of the molecule is COc1cnccc1-c1c(F)ccc2c(N)c3c(nc12)CN(C1CCC1)C3=O. The lowest BCUT2D eigenvalue weighted by atomic mass is 9.92. The summed E-state index contributed by atoms with van der Waals surface area (Å²) in [5.41, 5.74) is 9.12. The van der Waals surface area contributed by atoms with E-state index in [1.165, 1.54) is 19.4 Å². The van der Waals surface area contributed by atoms with Gasteiger partial charge >= 0.3 is 0 Å². The molecule has 1 saturated carbocycles. The first kappa shape index (κ1) is 16.9. The Labute approximate surface area is 161 Å². The molecule has 1 aliphatic carbocycles. The molecule has 2 N–H and O–H groups in total. The van der Waals surface area contributed by atoms with E-state index in [0.717, 1.165) is 19.3 Å². The first-order chi connectivity index (χ1) is 13.6. The predicted molar refractivity (Wildman–Crippen MR) is 103 cm³/mol. The molecule has 142 valence electrons. The number of ether oxygens (including phenoxy) is 1. The quantitative estimate of drug-likeness (QED) is 0.754. The highest BCUT2D eigenvalue weighted by Gasteiger charge is 2.38. The molecule has 28 heavy (non-hydrogen) atoms. The van der Waals surface area contributed by atoms with Crippen LogP contribution in [0.1, 0.15) is 35.3 Å². The van der Waals surface area contributed by atoms with Crippen LogP contribution in [-0.2, 0) is 6.54 Å². The molecule has 0 radical (unpaired) electrons. The van der Waals surface area contributed by atoms with Crippen molar-refractivity contribution >= 4 is 22.5 Å². The summed E-state index contributed by atoms with van der Waals surface area (Å²) >= 11 is 0. The highest BCUT2D eigenvalue weighted by Crippen LogP contribution is 2.41. The summed E-state index contributed by atoms with van der Waals surface area (Å²) in [5.74, 6) is -0.0510. The van der Waals surface area contributed by atoms with Crippen molar-refractivity contribution < 1.29 is 13.9 Å². The fraction of sp³-hybridized carbons (Fsp3) is 0.286. The highest BCUT2D eigenvalue weighted by molar-refractivity contribution is 6.11. The molecule has 2 aliphatic rings. The molecular formula is C21H19FN4O2. The third kappa shape index (κ3) is 2.28. The number of nitrogens with zero attached hydrogens (tertiary/aromatic N) is 3. The number of carbonyl (C=O) groups excluding carboxylic acids is 1. The molecule has 3 heterocycles. The first-order valence-electron chi connectivity index (χ1n) is 9.30. The molecule has 1 amide bonds. The van der Waals surface area contributed by atoms with Crippen LogP contribution in [-0.4, -0.2) is 33.9 Å². The number of amides is 1. The second-order valence-corrected chi connectivity index (χ2v) is 7.26. The first-order valence-corrected chi connectivity index (χ1v) is 9.30. The standard InChI is InChI=1S/C21H19FN4O2/c1-28-16-9-24-8-7-12(16)17-14(22)6-5-13-19(23)18-15(25-20(13)17)10-26(21(18)27)11-3-2-4-11/h5-9,11H,2-4,10H2,1H3,(H2,23,25). The van der Waals surface area contributed by atoms with Gasteiger partial charge in [0.1, 0.15) is 11.6 Å². The highest BCUT2D eigenvalue weighted by atomic mass is 19.1. The van der Waals surface area contributed by atoms with Crippen LogP contribution in [0.3, 0.4) is 0 Å². The third-order valence-corrected chi connectivity index (χ3v) is 5.81. The van der Waals surface area contributed by atoms with Crippen molar-refractivity contribution in [3.63, 3.8) is 0 Å². The lowest BCUT2D eigenvalue weighted by Gasteiger charge is -2.34. The maximum Gasteiger partial charge on any atom is 0.258 e. The maximum atomic E-state index is 14.9. The Hall–Kier alpha value is -3.22. The van der Waals surface area contributed by atoms with E-state index in [1.807, 2.05) is 4.90 Å². The average molecular weight is 378 g/mol. The molecule has 6 nitrogen and oxygen atoms in total. The minimum atomic E-state index is -0.427. The second kappa shape index (κ2) is 6.15. The van der Waals surface area contributed by atoms with Crippen molar-refractivity contribution in [3.8, 4) is 16.9 Å². The number of nitrogens with two attached hydrogens (primary N) is 1. The van der Waals surface area contributed by atoms with Crippen LogP contribution in [0, 0.1) is 5.82 Å². The van der Waals surface area contributed by atoms with Gasteiger partial charge in [-0.05, 0) is 37.5 Å². The molecule has 2 aromatic heterocycles. The van der Waals surface area contributed by atoms with E-state index in [2.05, 4.69) is 4.98 Å². The van der Waals surface area contributed by atoms with E-state index in [-0.39, 0.29) is 11.9 Å². The van der Waals surface area contributed by atoms with Gasteiger partial charge in [-0.15, -0.1) is 0 Å². The van der Waals surface area contributed by atoms with Crippen molar-refractivity contribution in [1.29, 1.82) is 0 Å². The zero-order valence-electron chi connectivity index (χ0n) is 15.4. The molecule has 7 heteroatoms. The molecule has 0 spiro atoms. The van der Waals surface area contributed by atoms with Gasteiger partial charge < -0.3 is 15.4 Å². The van der Waals surface area contributed by atoms with Gasteiger partial charge in [0.25, 0.3) is 5.91 Å². The van der Waals surface area contributed by atoms with Gasteiger partial charge in [-0.1, -0.05) is 0 Å². The molecule has 0 bridgehead atoms. The van der Waals surface area contributed by atoms with Crippen molar-refractivity contribution in [2.24, 2.45) is 0 Å². The summed E-state index contributed by atoms with van der Waals surface area (Å²) in [6, 6.07) is 4.88. The van der Waals surface area contributed by atoms with Crippen LogP contribution in [0.25, 0.3) is 22.0 Å². The largest absolute Gasteiger partial charge is 0.494 e. The van der Waals surface area contributed by atoms with Crippen LogP contribution in [0.5, 0.6) is 5.75 Å².